The molecule has 0 radical (unpaired) electrons. The van der Waals surface area contributed by atoms with Gasteiger partial charge in [-0.1, -0.05) is 36.4 Å². The Balaban J connectivity index is 1.84. The van der Waals surface area contributed by atoms with Gasteiger partial charge in [0, 0.05) is 12.0 Å². The molecule has 0 atom stereocenters. The molecule has 1 saturated carbocycles. The van der Waals surface area contributed by atoms with Gasteiger partial charge in [-0.15, -0.1) is 0 Å². The first kappa shape index (κ1) is 12.4. The summed E-state index contributed by atoms with van der Waals surface area (Å²) in [5, 5.41) is 0. The minimum absolute atomic E-state index is 0.172. The molecule has 1 aliphatic rings. The van der Waals surface area contributed by atoms with E-state index in [2.05, 4.69) is 24.3 Å². The fourth-order valence-electron chi connectivity index (χ4n) is 2.66. The molecule has 0 saturated heterocycles. The molecule has 19 heavy (non-hydrogen) atoms. The summed E-state index contributed by atoms with van der Waals surface area (Å²) >= 11 is 0. The van der Waals surface area contributed by atoms with Gasteiger partial charge in [0.2, 0.25) is 0 Å². The summed E-state index contributed by atoms with van der Waals surface area (Å²) in [6, 6.07) is 15.4. The summed E-state index contributed by atoms with van der Waals surface area (Å²) in [4.78, 5) is 0. The molecular weight excluding hydrogens is 237 g/mol. The van der Waals surface area contributed by atoms with Gasteiger partial charge >= 0.3 is 0 Å². The molecule has 0 amide bonds. The van der Waals surface area contributed by atoms with Crippen LogP contribution in [0.1, 0.15) is 29.5 Å². The van der Waals surface area contributed by atoms with Crippen LogP contribution in [0.2, 0.25) is 0 Å². The van der Waals surface area contributed by atoms with Crippen LogP contribution in [-0.4, -0.2) is 6.54 Å². The zero-order chi connectivity index (χ0) is 13.3. The molecule has 1 nitrogen and oxygen atoms in total. The van der Waals surface area contributed by atoms with Crippen LogP contribution in [0.4, 0.5) is 4.39 Å². The van der Waals surface area contributed by atoms with Gasteiger partial charge in [0.05, 0.1) is 0 Å². The molecule has 2 aromatic carbocycles. The maximum absolute atomic E-state index is 13.2. The van der Waals surface area contributed by atoms with Crippen LogP contribution in [0.5, 0.6) is 0 Å². The Bertz CT molecular complexity index is 587. The van der Waals surface area contributed by atoms with Crippen LogP contribution in [-0.2, 0) is 11.8 Å². The van der Waals surface area contributed by atoms with Crippen molar-refractivity contribution in [2.45, 2.75) is 24.7 Å². The molecule has 2 aromatic rings. The Morgan fingerprint density at radius 2 is 1.68 bits per heavy atom. The molecule has 0 aromatic heterocycles. The van der Waals surface area contributed by atoms with Crippen LogP contribution < -0.4 is 5.73 Å². The average Bonchev–Trinajstić information content (AvgIpc) is 3.20. The molecule has 98 valence electrons. The monoisotopic (exact) mass is 255 g/mol. The molecule has 0 aliphatic heterocycles. The van der Waals surface area contributed by atoms with E-state index in [1.807, 2.05) is 6.07 Å². The standard InChI is InChI=1S/C17H18FN/c18-16-6-2-4-14(11-16)9-13-3-1-5-15(10-13)17(12-19)7-8-17/h1-6,10-11H,7-9,12,19H2. The van der Waals surface area contributed by atoms with Gasteiger partial charge < -0.3 is 5.73 Å². The van der Waals surface area contributed by atoms with Crippen LogP contribution in [0.3, 0.4) is 0 Å². The molecule has 1 aliphatic carbocycles. The first-order valence-corrected chi connectivity index (χ1v) is 6.76. The van der Waals surface area contributed by atoms with E-state index in [0.29, 0.717) is 0 Å². The minimum Gasteiger partial charge on any atom is -0.330 e. The van der Waals surface area contributed by atoms with Crippen molar-refractivity contribution in [3.05, 3.63) is 71.0 Å². The number of halogens is 1. The highest BCUT2D eigenvalue weighted by Gasteiger charge is 2.42. The zero-order valence-electron chi connectivity index (χ0n) is 10.9. The highest BCUT2D eigenvalue weighted by Crippen LogP contribution is 2.47. The summed E-state index contributed by atoms with van der Waals surface area (Å²) in [6.45, 7) is 0.719. The highest BCUT2D eigenvalue weighted by atomic mass is 19.1. The minimum atomic E-state index is -0.172. The van der Waals surface area contributed by atoms with Crippen molar-refractivity contribution in [1.82, 2.24) is 0 Å². The third-order valence-corrected chi connectivity index (χ3v) is 4.08. The third-order valence-electron chi connectivity index (χ3n) is 4.08. The van der Waals surface area contributed by atoms with E-state index in [4.69, 9.17) is 5.73 Å². The Labute approximate surface area is 113 Å². The van der Waals surface area contributed by atoms with Crippen molar-refractivity contribution in [2.75, 3.05) is 6.54 Å². The quantitative estimate of drug-likeness (QED) is 0.890. The van der Waals surface area contributed by atoms with Gasteiger partial charge in [0.15, 0.2) is 0 Å². The Morgan fingerprint density at radius 1 is 1.00 bits per heavy atom. The smallest absolute Gasteiger partial charge is 0.123 e. The predicted octanol–water partition coefficient (Wildman–Crippen LogP) is 3.41. The van der Waals surface area contributed by atoms with E-state index in [1.54, 1.807) is 12.1 Å². The zero-order valence-corrected chi connectivity index (χ0v) is 10.9. The van der Waals surface area contributed by atoms with Crippen LogP contribution in [0.15, 0.2) is 48.5 Å². The fourth-order valence-corrected chi connectivity index (χ4v) is 2.66. The van der Waals surface area contributed by atoms with Crippen molar-refractivity contribution in [1.29, 1.82) is 0 Å². The predicted molar refractivity (Wildman–Crippen MR) is 75.6 cm³/mol. The SMILES string of the molecule is NCC1(c2cccc(Cc3cccc(F)c3)c2)CC1. The van der Waals surface area contributed by atoms with E-state index in [-0.39, 0.29) is 11.2 Å². The van der Waals surface area contributed by atoms with Gasteiger partial charge in [0.1, 0.15) is 5.82 Å². The number of hydrogen-bond acceptors (Lipinski definition) is 1. The molecule has 0 heterocycles. The molecule has 2 N–H and O–H groups in total. The second kappa shape index (κ2) is 4.78. The normalized spacial score (nSPS) is 16.3. The lowest BCUT2D eigenvalue weighted by Crippen LogP contribution is -2.19. The van der Waals surface area contributed by atoms with Crippen LogP contribution in [0, 0.1) is 5.82 Å². The van der Waals surface area contributed by atoms with Crippen molar-refractivity contribution in [3.63, 3.8) is 0 Å². The Kier molecular flexibility index (Phi) is 3.11. The topological polar surface area (TPSA) is 26.0 Å². The molecule has 3 rings (SSSR count). The number of benzene rings is 2. The molecule has 0 unspecified atom stereocenters. The first-order chi connectivity index (χ1) is 9.22. The van der Waals surface area contributed by atoms with Crippen molar-refractivity contribution < 1.29 is 4.39 Å². The summed E-state index contributed by atoms with van der Waals surface area (Å²) < 4.78 is 13.2. The Morgan fingerprint density at radius 3 is 2.32 bits per heavy atom. The molecule has 2 heteroatoms. The van der Waals surface area contributed by atoms with Gasteiger partial charge in [0.25, 0.3) is 0 Å². The first-order valence-electron chi connectivity index (χ1n) is 6.76. The summed E-state index contributed by atoms with van der Waals surface area (Å²) in [5.74, 6) is -0.172. The lowest BCUT2D eigenvalue weighted by Gasteiger charge is -2.14. The summed E-state index contributed by atoms with van der Waals surface area (Å²) in [6.07, 6.45) is 3.14. The summed E-state index contributed by atoms with van der Waals surface area (Å²) in [7, 11) is 0. The molecule has 1 fully saturated rings. The van der Waals surface area contributed by atoms with E-state index in [0.717, 1.165) is 18.5 Å². The maximum Gasteiger partial charge on any atom is 0.123 e. The number of rotatable bonds is 4. The fraction of sp³-hybridized carbons (Fsp3) is 0.294. The van der Waals surface area contributed by atoms with Crippen LogP contribution >= 0.6 is 0 Å². The largest absolute Gasteiger partial charge is 0.330 e. The van der Waals surface area contributed by atoms with Crippen molar-refractivity contribution in [3.8, 4) is 0 Å². The van der Waals surface area contributed by atoms with Gasteiger partial charge in [-0.25, -0.2) is 4.39 Å². The van der Waals surface area contributed by atoms with Crippen LogP contribution in [0.25, 0.3) is 0 Å². The van der Waals surface area contributed by atoms with E-state index in [1.165, 1.54) is 30.0 Å². The Hall–Kier alpha value is -1.67. The maximum atomic E-state index is 13.2. The molecule has 0 spiro atoms. The number of nitrogens with two attached hydrogens (primary N) is 1. The lowest BCUT2D eigenvalue weighted by molar-refractivity contribution is 0.626. The second-order valence-electron chi connectivity index (χ2n) is 5.49. The second-order valence-corrected chi connectivity index (χ2v) is 5.49. The lowest BCUT2D eigenvalue weighted by atomic mass is 9.93. The van der Waals surface area contributed by atoms with Gasteiger partial charge in [-0.3, -0.25) is 0 Å². The van der Waals surface area contributed by atoms with Gasteiger partial charge in [-0.05, 0) is 48.1 Å². The molecule has 0 bridgehead atoms. The van der Waals surface area contributed by atoms with Crippen molar-refractivity contribution >= 4 is 0 Å². The van der Waals surface area contributed by atoms with E-state index in [9.17, 15) is 4.39 Å². The molecular formula is C17H18FN. The summed E-state index contributed by atoms with van der Waals surface area (Å²) in [5.41, 5.74) is 9.66. The third kappa shape index (κ3) is 2.54. The highest BCUT2D eigenvalue weighted by molar-refractivity contribution is 5.37. The van der Waals surface area contributed by atoms with Gasteiger partial charge in [-0.2, -0.15) is 0 Å². The van der Waals surface area contributed by atoms with E-state index < -0.39 is 0 Å². The number of hydrogen-bond donors (Lipinski definition) is 1. The van der Waals surface area contributed by atoms with E-state index >= 15 is 0 Å². The average molecular weight is 255 g/mol. The van der Waals surface area contributed by atoms with Crippen molar-refractivity contribution in [2.24, 2.45) is 5.73 Å².